The first-order chi connectivity index (χ1) is 16.6. The fourth-order valence-corrected chi connectivity index (χ4v) is 3.52. The van der Waals surface area contributed by atoms with E-state index in [1.165, 1.54) is 6.20 Å². The van der Waals surface area contributed by atoms with Gasteiger partial charge in [-0.05, 0) is 52.9 Å². The second-order valence-corrected chi connectivity index (χ2v) is 7.40. The van der Waals surface area contributed by atoms with Crippen molar-refractivity contribution in [2.45, 2.75) is 6.18 Å². The van der Waals surface area contributed by atoms with Crippen LogP contribution in [-0.4, -0.2) is 17.0 Å². The fraction of sp³-hybridized carbons (Fsp3) is 0.0417. The number of nitrogens with zero attached hydrogens (tertiary/aromatic N) is 1. The van der Waals surface area contributed by atoms with Gasteiger partial charge in [0.15, 0.2) is 0 Å². The molecule has 1 aromatic heterocycles. The number of carbonyl (C=O) groups excluding carboxylic acids is 2. The molecule has 0 saturated heterocycles. The van der Waals surface area contributed by atoms with Gasteiger partial charge in [0.2, 0.25) is 0 Å². The number of anilines is 3. The van der Waals surface area contributed by atoms with Gasteiger partial charge in [-0.25, -0.2) is 19.0 Å². The Bertz CT molecular complexity index is 1440. The van der Waals surface area contributed by atoms with Gasteiger partial charge < -0.3 is 16.4 Å². The van der Waals surface area contributed by atoms with E-state index in [0.29, 0.717) is 34.8 Å². The Morgan fingerprint density at radius 1 is 0.857 bits per heavy atom. The third-order valence-electron chi connectivity index (χ3n) is 5.02. The van der Waals surface area contributed by atoms with Crippen LogP contribution in [0.5, 0.6) is 0 Å². The molecule has 0 radical (unpaired) electrons. The van der Waals surface area contributed by atoms with Gasteiger partial charge in [-0.1, -0.05) is 30.3 Å². The number of nitrogens with one attached hydrogen (secondary N) is 3. The highest BCUT2D eigenvalue weighted by Gasteiger charge is 2.31. The van der Waals surface area contributed by atoms with Crippen LogP contribution in [0.25, 0.3) is 21.9 Å². The molecule has 0 aliphatic rings. The number of benzene rings is 3. The molecule has 0 fully saturated rings. The van der Waals surface area contributed by atoms with Crippen molar-refractivity contribution >= 4 is 40.0 Å². The summed E-state index contributed by atoms with van der Waals surface area (Å²) in [4.78, 5) is 27.8. The number of hydrogen-bond acceptors (Lipinski definition) is 3. The number of aromatic nitrogens is 1. The van der Waals surface area contributed by atoms with Crippen molar-refractivity contribution in [3.05, 3.63) is 84.3 Å². The highest BCUT2D eigenvalue weighted by molar-refractivity contribution is 6.06. The number of halogens is 4. The first kappa shape index (κ1) is 23.5. The molecular weight excluding hydrogens is 466 g/mol. The van der Waals surface area contributed by atoms with Gasteiger partial charge in [0.1, 0.15) is 11.6 Å². The van der Waals surface area contributed by atoms with Crippen molar-refractivity contribution in [2.24, 2.45) is 5.73 Å². The topological polar surface area (TPSA) is 109 Å². The minimum atomic E-state index is -4.68. The zero-order chi connectivity index (χ0) is 25.2. The minimum Gasteiger partial charge on any atom is -0.351 e. The zero-order valence-electron chi connectivity index (χ0n) is 17.8. The molecule has 0 atom stereocenters. The van der Waals surface area contributed by atoms with Crippen LogP contribution in [0.1, 0.15) is 5.56 Å². The highest BCUT2D eigenvalue weighted by Crippen LogP contribution is 2.33. The van der Waals surface area contributed by atoms with Crippen LogP contribution >= 0.6 is 0 Å². The first-order valence-electron chi connectivity index (χ1n) is 10.1. The molecule has 11 heteroatoms. The Morgan fingerprint density at radius 2 is 1.63 bits per heavy atom. The minimum absolute atomic E-state index is 0.286. The molecule has 4 rings (SSSR count). The van der Waals surface area contributed by atoms with Crippen molar-refractivity contribution in [1.29, 1.82) is 0 Å². The monoisotopic (exact) mass is 483 g/mol. The van der Waals surface area contributed by atoms with E-state index in [0.717, 1.165) is 10.9 Å². The predicted octanol–water partition coefficient (Wildman–Crippen LogP) is 6.19. The first-order valence-corrected chi connectivity index (χ1v) is 10.1. The number of hydrogen-bond donors (Lipinski definition) is 4. The molecule has 0 spiro atoms. The van der Waals surface area contributed by atoms with Gasteiger partial charge in [0.05, 0.1) is 11.3 Å². The second kappa shape index (κ2) is 9.29. The number of primary amides is 1. The Labute approximate surface area is 196 Å². The molecule has 4 aromatic rings. The lowest BCUT2D eigenvalue weighted by molar-refractivity contribution is -0.137. The molecule has 3 aromatic carbocycles. The molecular formula is C24H17F4N5O2. The number of rotatable bonds is 4. The van der Waals surface area contributed by atoms with Crippen molar-refractivity contribution in [3.63, 3.8) is 0 Å². The molecule has 0 saturated carbocycles. The van der Waals surface area contributed by atoms with Crippen molar-refractivity contribution in [2.75, 3.05) is 16.0 Å². The van der Waals surface area contributed by atoms with Gasteiger partial charge in [-0.2, -0.15) is 13.2 Å². The lowest BCUT2D eigenvalue weighted by Crippen LogP contribution is -2.20. The summed E-state index contributed by atoms with van der Waals surface area (Å²) in [6, 6.07) is 13.8. The largest absolute Gasteiger partial charge is 0.416 e. The van der Waals surface area contributed by atoms with E-state index >= 15 is 0 Å². The maximum atomic E-state index is 14.0. The summed E-state index contributed by atoms with van der Waals surface area (Å²) < 4.78 is 52.7. The molecule has 7 nitrogen and oxygen atoms in total. The summed E-state index contributed by atoms with van der Waals surface area (Å²) in [6.07, 6.45) is -3.17. The van der Waals surface area contributed by atoms with E-state index in [2.05, 4.69) is 20.9 Å². The van der Waals surface area contributed by atoms with E-state index < -0.39 is 35.3 Å². The quantitative estimate of drug-likeness (QED) is 0.260. The number of carbonyl (C=O) groups is 2. The van der Waals surface area contributed by atoms with Gasteiger partial charge in [-0.15, -0.1) is 0 Å². The van der Waals surface area contributed by atoms with Crippen LogP contribution < -0.4 is 21.7 Å². The average Bonchev–Trinajstić information content (AvgIpc) is 2.79. The van der Waals surface area contributed by atoms with Crippen LogP contribution in [-0.2, 0) is 6.18 Å². The molecule has 0 bridgehead atoms. The van der Waals surface area contributed by atoms with Crippen LogP contribution in [0.2, 0.25) is 0 Å². The molecule has 5 N–H and O–H groups in total. The Hall–Kier alpha value is -4.67. The van der Waals surface area contributed by atoms with Gasteiger partial charge in [0.25, 0.3) is 0 Å². The number of pyridine rings is 1. The number of amides is 4. The second-order valence-electron chi connectivity index (χ2n) is 7.40. The van der Waals surface area contributed by atoms with Gasteiger partial charge >= 0.3 is 18.2 Å². The maximum absolute atomic E-state index is 14.0. The number of nitrogens with two attached hydrogens (primary N) is 1. The summed E-state index contributed by atoms with van der Waals surface area (Å²) >= 11 is 0. The van der Waals surface area contributed by atoms with Crippen LogP contribution in [0.3, 0.4) is 0 Å². The Morgan fingerprint density at radius 3 is 2.37 bits per heavy atom. The van der Waals surface area contributed by atoms with E-state index in [1.807, 2.05) is 6.07 Å². The summed E-state index contributed by atoms with van der Waals surface area (Å²) in [7, 11) is 0. The van der Waals surface area contributed by atoms with Gasteiger partial charge in [-0.3, -0.25) is 5.32 Å². The van der Waals surface area contributed by atoms with Gasteiger partial charge in [0, 0.05) is 17.3 Å². The van der Waals surface area contributed by atoms with Crippen molar-refractivity contribution in [1.82, 2.24) is 4.98 Å². The van der Waals surface area contributed by atoms with E-state index in [4.69, 9.17) is 5.73 Å². The lowest BCUT2D eigenvalue weighted by Gasteiger charge is -2.13. The fourth-order valence-electron chi connectivity index (χ4n) is 3.52. The molecule has 0 aliphatic heterocycles. The smallest absolute Gasteiger partial charge is 0.351 e. The molecule has 4 amide bonds. The van der Waals surface area contributed by atoms with Crippen LogP contribution in [0, 0.1) is 5.82 Å². The van der Waals surface area contributed by atoms with Crippen LogP contribution in [0.15, 0.2) is 72.9 Å². The average molecular weight is 483 g/mol. The summed E-state index contributed by atoms with van der Waals surface area (Å²) in [5.74, 6) is -0.722. The predicted molar refractivity (Wildman–Crippen MR) is 124 cm³/mol. The van der Waals surface area contributed by atoms with Crippen molar-refractivity contribution < 1.29 is 27.2 Å². The third kappa shape index (κ3) is 5.29. The molecule has 1 heterocycles. The summed E-state index contributed by atoms with van der Waals surface area (Å²) in [5.41, 5.74) is 5.27. The van der Waals surface area contributed by atoms with E-state index in [9.17, 15) is 27.2 Å². The normalized spacial score (nSPS) is 11.2. The molecule has 0 unspecified atom stereocenters. The third-order valence-corrected chi connectivity index (χ3v) is 5.02. The number of fused-ring (bicyclic) bond motifs is 1. The Balaban J connectivity index is 1.60. The van der Waals surface area contributed by atoms with Crippen molar-refractivity contribution in [3.8, 4) is 11.1 Å². The SMILES string of the molecule is NC(=O)Nc1nccc2c(-c3cccc(NC(=O)Nc4cc(C(F)(F)F)ccc4F)c3)cccc12. The van der Waals surface area contributed by atoms with E-state index in [1.54, 1.807) is 42.5 Å². The lowest BCUT2D eigenvalue weighted by atomic mass is 9.98. The molecule has 178 valence electrons. The van der Waals surface area contributed by atoms with Crippen LogP contribution in [0.4, 0.5) is 44.3 Å². The Kier molecular flexibility index (Phi) is 6.24. The maximum Gasteiger partial charge on any atom is 0.416 e. The highest BCUT2D eigenvalue weighted by atomic mass is 19.4. The zero-order valence-corrected chi connectivity index (χ0v) is 17.8. The van der Waals surface area contributed by atoms with E-state index in [-0.39, 0.29) is 5.82 Å². The standard InChI is InChI=1S/C24H17F4N5O2/c25-19-8-7-14(24(26,27)28)12-20(19)32-23(35)31-15-4-1-3-13(11-15)16-5-2-6-18-17(16)9-10-30-21(18)33-22(29)34/h1-12H,(H2,31,32,35)(H3,29,30,33,34). The summed E-state index contributed by atoms with van der Waals surface area (Å²) in [6.45, 7) is 0. The summed E-state index contributed by atoms with van der Waals surface area (Å²) in [5, 5.41) is 8.44. The number of alkyl halides is 3. The number of urea groups is 2. The molecule has 0 aliphatic carbocycles. The molecule has 35 heavy (non-hydrogen) atoms.